The lowest BCUT2D eigenvalue weighted by Crippen LogP contribution is -2.36. The highest BCUT2D eigenvalue weighted by Gasteiger charge is 2.29. The van der Waals surface area contributed by atoms with Crippen molar-refractivity contribution in [1.82, 2.24) is 9.62 Å². The van der Waals surface area contributed by atoms with E-state index in [1.165, 1.54) is 24.1 Å². The molecular weight excluding hydrogens is 368 g/mol. The summed E-state index contributed by atoms with van der Waals surface area (Å²) < 4.78 is 33.5. The van der Waals surface area contributed by atoms with Crippen molar-refractivity contribution in [2.75, 3.05) is 25.5 Å². The molecule has 0 radical (unpaired) electrons. The Morgan fingerprint density at radius 3 is 2.81 bits per heavy atom. The molecule has 27 heavy (non-hydrogen) atoms. The molecule has 1 heterocycles. The number of anilines is 1. The van der Waals surface area contributed by atoms with Gasteiger partial charge in [-0.25, -0.2) is 13.1 Å². The molecule has 8 nitrogen and oxygen atoms in total. The highest BCUT2D eigenvalue weighted by Crippen LogP contribution is 2.28. The lowest BCUT2D eigenvalue weighted by Gasteiger charge is -2.17. The van der Waals surface area contributed by atoms with E-state index in [4.69, 9.17) is 10.00 Å². The molecule has 1 aliphatic heterocycles. The number of carbonyl (C=O) groups is 1. The fourth-order valence-corrected chi connectivity index (χ4v) is 4.48. The molecule has 1 amide bonds. The van der Waals surface area contributed by atoms with E-state index in [0.717, 1.165) is 12.8 Å². The van der Waals surface area contributed by atoms with E-state index in [1.54, 1.807) is 6.07 Å². The number of carbonyl (C=O) groups excluding carboxylic acids is 1. The van der Waals surface area contributed by atoms with Crippen LogP contribution in [0.5, 0.6) is 5.75 Å². The van der Waals surface area contributed by atoms with Gasteiger partial charge in [0, 0.05) is 30.7 Å². The smallest absolute Gasteiger partial charge is 0.244 e. The van der Waals surface area contributed by atoms with Gasteiger partial charge < -0.3 is 15.0 Å². The van der Waals surface area contributed by atoms with Crippen LogP contribution >= 0.6 is 0 Å². The van der Waals surface area contributed by atoms with E-state index < -0.39 is 10.0 Å². The molecule has 1 aromatic carbocycles. The van der Waals surface area contributed by atoms with Gasteiger partial charge in [0.1, 0.15) is 10.6 Å². The van der Waals surface area contributed by atoms with Crippen LogP contribution in [-0.4, -0.2) is 45.5 Å². The third-order valence-electron chi connectivity index (χ3n) is 4.54. The topological polar surface area (TPSA) is 112 Å². The van der Waals surface area contributed by atoms with Crippen LogP contribution in [0.1, 0.15) is 33.1 Å². The van der Waals surface area contributed by atoms with E-state index >= 15 is 0 Å². The first-order valence-electron chi connectivity index (χ1n) is 8.96. The fraction of sp³-hybridized carbons (Fsp3) is 0.556. The van der Waals surface area contributed by atoms with Gasteiger partial charge in [0.15, 0.2) is 6.19 Å². The van der Waals surface area contributed by atoms with Gasteiger partial charge in [0.2, 0.25) is 15.9 Å². The van der Waals surface area contributed by atoms with Gasteiger partial charge in [-0.1, -0.05) is 20.3 Å². The fourth-order valence-electron chi connectivity index (χ4n) is 3.02. The van der Waals surface area contributed by atoms with Gasteiger partial charge in [-0.2, -0.15) is 5.26 Å². The quantitative estimate of drug-likeness (QED) is 0.652. The molecule has 0 saturated carbocycles. The maximum Gasteiger partial charge on any atom is 0.244 e. The Hall–Kier alpha value is -2.31. The second-order valence-corrected chi connectivity index (χ2v) is 8.38. The summed E-state index contributed by atoms with van der Waals surface area (Å²) in [5.74, 6) is -0.123. The summed E-state index contributed by atoms with van der Waals surface area (Å²) in [5, 5.41) is 11.7. The average Bonchev–Trinajstić information content (AvgIpc) is 3.08. The van der Waals surface area contributed by atoms with Crippen LogP contribution in [0.2, 0.25) is 0 Å². The Morgan fingerprint density at radius 1 is 1.48 bits per heavy atom. The Labute approximate surface area is 160 Å². The van der Waals surface area contributed by atoms with E-state index in [1.807, 2.05) is 20.0 Å². The first-order chi connectivity index (χ1) is 12.8. The Balaban J connectivity index is 2.21. The van der Waals surface area contributed by atoms with Gasteiger partial charge in [-0.05, 0) is 31.0 Å². The lowest BCUT2D eigenvalue weighted by molar-refractivity contribution is -0.119. The van der Waals surface area contributed by atoms with Crippen LogP contribution in [0.25, 0.3) is 0 Å². The molecular formula is C18H26N4O4S. The number of nitrogens with one attached hydrogen (secondary N) is 2. The van der Waals surface area contributed by atoms with Crippen LogP contribution < -0.4 is 14.8 Å². The van der Waals surface area contributed by atoms with Crippen molar-refractivity contribution in [1.29, 1.82) is 5.26 Å². The third kappa shape index (κ3) is 5.34. The largest absolute Gasteiger partial charge is 0.495 e. The Kier molecular flexibility index (Phi) is 7.05. The van der Waals surface area contributed by atoms with Gasteiger partial charge >= 0.3 is 0 Å². The van der Waals surface area contributed by atoms with E-state index in [0.29, 0.717) is 25.2 Å². The SMILES string of the molecule is CCCC(C)C(=O)Nc1ccc(OC)c(S(=O)(=O)NC2CCN(C#N)C2)c1. The van der Waals surface area contributed by atoms with Crippen molar-refractivity contribution in [2.45, 2.75) is 44.0 Å². The van der Waals surface area contributed by atoms with Gasteiger partial charge in [-0.3, -0.25) is 4.79 Å². The van der Waals surface area contributed by atoms with Crippen LogP contribution in [0.3, 0.4) is 0 Å². The van der Waals surface area contributed by atoms with Crippen molar-refractivity contribution >= 4 is 21.6 Å². The van der Waals surface area contributed by atoms with Crippen LogP contribution in [0, 0.1) is 17.4 Å². The zero-order chi connectivity index (χ0) is 20.0. The second-order valence-electron chi connectivity index (χ2n) is 6.70. The number of ether oxygens (including phenoxy) is 1. The molecule has 148 valence electrons. The molecule has 2 atom stereocenters. The minimum Gasteiger partial charge on any atom is -0.495 e. The highest BCUT2D eigenvalue weighted by atomic mass is 32.2. The summed E-state index contributed by atoms with van der Waals surface area (Å²) >= 11 is 0. The molecule has 2 N–H and O–H groups in total. The van der Waals surface area contributed by atoms with E-state index in [-0.39, 0.29) is 28.5 Å². The minimum atomic E-state index is -3.87. The van der Waals surface area contributed by atoms with Crippen molar-refractivity contribution in [3.8, 4) is 11.9 Å². The number of nitriles is 1. The molecule has 0 aromatic heterocycles. The summed E-state index contributed by atoms with van der Waals surface area (Å²) in [6.45, 7) is 4.70. The molecule has 9 heteroatoms. The normalized spacial score (nSPS) is 18.0. The first kappa shape index (κ1) is 21.0. The van der Waals surface area contributed by atoms with Gasteiger partial charge in [0.05, 0.1) is 7.11 Å². The average molecular weight is 394 g/mol. The Morgan fingerprint density at radius 2 is 2.22 bits per heavy atom. The van der Waals surface area contributed by atoms with Crippen LogP contribution in [-0.2, 0) is 14.8 Å². The number of hydrogen-bond acceptors (Lipinski definition) is 6. The number of benzene rings is 1. The molecule has 1 aromatic rings. The standard InChI is InChI=1S/C18H26N4O4S/c1-4-5-13(2)18(23)20-14-6-7-16(26-3)17(10-14)27(24,25)21-15-8-9-22(11-15)12-19/h6-7,10,13,15,21H,4-5,8-9,11H2,1-3H3,(H,20,23). The molecule has 0 spiro atoms. The first-order valence-corrected chi connectivity index (χ1v) is 10.4. The van der Waals surface area contributed by atoms with E-state index in [2.05, 4.69) is 10.0 Å². The minimum absolute atomic E-state index is 0.0404. The number of nitrogens with zero attached hydrogens (tertiary/aromatic N) is 2. The van der Waals surface area contributed by atoms with Crippen LogP contribution in [0.4, 0.5) is 5.69 Å². The maximum absolute atomic E-state index is 12.8. The lowest BCUT2D eigenvalue weighted by atomic mass is 10.1. The number of likely N-dealkylation sites (tertiary alicyclic amines) is 1. The van der Waals surface area contributed by atoms with Crippen molar-refractivity contribution in [2.24, 2.45) is 5.92 Å². The zero-order valence-corrected chi connectivity index (χ0v) is 16.7. The third-order valence-corrected chi connectivity index (χ3v) is 6.08. The van der Waals surface area contributed by atoms with Crippen molar-refractivity contribution in [3.63, 3.8) is 0 Å². The highest BCUT2D eigenvalue weighted by molar-refractivity contribution is 7.89. The molecule has 0 aliphatic carbocycles. The van der Waals surface area contributed by atoms with Crippen LogP contribution in [0.15, 0.2) is 23.1 Å². The summed E-state index contributed by atoms with van der Waals surface area (Å²) in [6.07, 6.45) is 4.22. The number of sulfonamides is 1. The molecule has 1 aliphatic rings. The van der Waals surface area contributed by atoms with Gasteiger partial charge in [-0.15, -0.1) is 0 Å². The molecule has 2 unspecified atom stereocenters. The molecule has 1 fully saturated rings. The molecule has 2 rings (SSSR count). The maximum atomic E-state index is 12.8. The summed E-state index contributed by atoms with van der Waals surface area (Å²) in [4.78, 5) is 13.7. The second kappa shape index (κ2) is 9.06. The number of amides is 1. The van der Waals surface area contributed by atoms with Gasteiger partial charge in [0.25, 0.3) is 0 Å². The monoisotopic (exact) mass is 394 g/mol. The zero-order valence-electron chi connectivity index (χ0n) is 15.9. The number of methoxy groups -OCH3 is 1. The predicted molar refractivity (Wildman–Crippen MR) is 102 cm³/mol. The van der Waals surface area contributed by atoms with Crippen molar-refractivity contribution < 1.29 is 17.9 Å². The molecule has 0 bridgehead atoms. The molecule has 1 saturated heterocycles. The van der Waals surface area contributed by atoms with Crippen molar-refractivity contribution in [3.05, 3.63) is 18.2 Å². The number of rotatable bonds is 8. The Bertz CT molecular complexity index is 819. The summed E-state index contributed by atoms with van der Waals surface area (Å²) in [7, 11) is -2.48. The summed E-state index contributed by atoms with van der Waals surface area (Å²) in [5.41, 5.74) is 0.397. The summed E-state index contributed by atoms with van der Waals surface area (Å²) in [6, 6.07) is 4.18. The number of hydrogen-bond donors (Lipinski definition) is 2. The predicted octanol–water partition coefficient (Wildman–Crippen LogP) is 1.90. The van der Waals surface area contributed by atoms with E-state index in [9.17, 15) is 13.2 Å².